The fraction of sp³-hybridized carbons (Fsp3) is 0.462. The highest BCUT2D eigenvalue weighted by molar-refractivity contribution is 5.73. The molecule has 1 aromatic carbocycles. The molecule has 0 radical (unpaired) electrons. The normalized spacial score (nSPS) is 22.2. The van der Waals surface area contributed by atoms with Crippen molar-refractivity contribution in [1.82, 2.24) is 4.90 Å². The maximum atomic E-state index is 10.7. The van der Waals surface area contributed by atoms with E-state index >= 15 is 0 Å². The van der Waals surface area contributed by atoms with Gasteiger partial charge in [-0.15, -0.1) is 0 Å². The fourth-order valence-electron chi connectivity index (χ4n) is 1.97. The van der Waals surface area contributed by atoms with Crippen molar-refractivity contribution < 1.29 is 9.53 Å². The van der Waals surface area contributed by atoms with Crippen LogP contribution in [0.15, 0.2) is 24.3 Å². The largest absolute Gasteiger partial charge is 0.497 e. The molecular weight excluding hydrogens is 216 g/mol. The molecule has 92 valence electrons. The molecule has 0 saturated carbocycles. The zero-order chi connectivity index (χ0) is 12.3. The number of primary amides is 1. The van der Waals surface area contributed by atoms with Gasteiger partial charge in [0, 0.05) is 25.6 Å². The molecular formula is C13H18N2O2. The number of carbonyl (C=O) groups is 1. The summed E-state index contributed by atoms with van der Waals surface area (Å²) in [5.41, 5.74) is 6.40. The molecule has 0 aliphatic carbocycles. The minimum absolute atomic E-state index is 0.207. The fourth-order valence-corrected chi connectivity index (χ4v) is 1.97. The van der Waals surface area contributed by atoms with Crippen molar-refractivity contribution in [3.8, 4) is 5.75 Å². The summed E-state index contributed by atoms with van der Waals surface area (Å²) in [5.74, 6) is 0.672. The zero-order valence-corrected chi connectivity index (χ0v) is 10.1. The molecule has 1 aromatic rings. The predicted octanol–water partition coefficient (Wildman–Crippen LogP) is 1.14. The van der Waals surface area contributed by atoms with Crippen LogP contribution >= 0.6 is 0 Å². The van der Waals surface area contributed by atoms with Crippen LogP contribution < -0.4 is 10.5 Å². The van der Waals surface area contributed by atoms with Gasteiger partial charge in [0.1, 0.15) is 5.75 Å². The first-order valence-corrected chi connectivity index (χ1v) is 5.84. The van der Waals surface area contributed by atoms with Gasteiger partial charge in [0.15, 0.2) is 0 Å². The lowest BCUT2D eigenvalue weighted by Gasteiger charge is -2.05. The van der Waals surface area contributed by atoms with Crippen molar-refractivity contribution in [2.45, 2.75) is 25.4 Å². The summed E-state index contributed by atoms with van der Waals surface area (Å²) in [6, 6.07) is 8.61. The van der Waals surface area contributed by atoms with Crippen LogP contribution in [0.1, 0.15) is 18.4 Å². The van der Waals surface area contributed by atoms with Gasteiger partial charge in [-0.3, -0.25) is 9.69 Å². The molecule has 0 aromatic heterocycles. The molecule has 4 heteroatoms. The summed E-state index contributed by atoms with van der Waals surface area (Å²) in [6.45, 7) is 2.01. The smallest absolute Gasteiger partial charge is 0.217 e. The number of hydrogen-bond donors (Lipinski definition) is 1. The average Bonchev–Trinajstić information content (AvgIpc) is 3.06. The molecule has 1 heterocycles. The van der Waals surface area contributed by atoms with Crippen LogP contribution in [0.4, 0.5) is 0 Å². The molecule has 1 saturated heterocycles. The third-order valence-corrected chi connectivity index (χ3v) is 3.10. The highest BCUT2D eigenvalue weighted by Crippen LogP contribution is 2.25. The van der Waals surface area contributed by atoms with Crippen LogP contribution in [0.2, 0.25) is 0 Å². The van der Waals surface area contributed by atoms with Crippen LogP contribution in [-0.4, -0.2) is 30.5 Å². The van der Waals surface area contributed by atoms with E-state index in [1.165, 1.54) is 5.56 Å². The molecule has 1 aliphatic heterocycles. The van der Waals surface area contributed by atoms with Crippen molar-refractivity contribution in [2.24, 2.45) is 5.73 Å². The third kappa shape index (κ3) is 3.46. The Hall–Kier alpha value is -1.55. The molecule has 2 rings (SSSR count). The van der Waals surface area contributed by atoms with Crippen LogP contribution in [-0.2, 0) is 11.3 Å². The van der Waals surface area contributed by atoms with Gasteiger partial charge in [-0.1, -0.05) is 12.1 Å². The van der Waals surface area contributed by atoms with E-state index in [4.69, 9.17) is 10.5 Å². The number of benzene rings is 1. The maximum Gasteiger partial charge on any atom is 0.217 e. The van der Waals surface area contributed by atoms with Gasteiger partial charge >= 0.3 is 0 Å². The molecule has 4 nitrogen and oxygen atoms in total. The minimum Gasteiger partial charge on any atom is -0.497 e. The topological polar surface area (TPSA) is 55.3 Å². The van der Waals surface area contributed by atoms with Gasteiger partial charge < -0.3 is 10.5 Å². The van der Waals surface area contributed by atoms with Gasteiger partial charge in [-0.2, -0.15) is 0 Å². The van der Waals surface area contributed by atoms with Gasteiger partial charge in [0.25, 0.3) is 0 Å². The van der Waals surface area contributed by atoms with Crippen LogP contribution in [0.3, 0.4) is 0 Å². The molecule has 1 amide bonds. The number of carbonyl (C=O) groups excluding carboxylic acids is 1. The quantitative estimate of drug-likeness (QED) is 0.751. The monoisotopic (exact) mass is 234 g/mol. The Bertz CT molecular complexity index is 389. The van der Waals surface area contributed by atoms with E-state index in [0.717, 1.165) is 25.3 Å². The Morgan fingerprint density at radius 1 is 1.47 bits per heavy atom. The third-order valence-electron chi connectivity index (χ3n) is 3.10. The number of nitrogens with two attached hydrogens (primary N) is 1. The second-order valence-electron chi connectivity index (χ2n) is 4.44. The standard InChI is InChI=1S/C13H18N2O2/c1-17-12-5-2-10(3-6-12)8-15-9-11(15)4-7-13(14)16/h2-3,5-6,11H,4,7-9H2,1H3,(H2,14,16). The summed E-state index contributed by atoms with van der Waals surface area (Å²) in [5, 5.41) is 0. The van der Waals surface area contributed by atoms with E-state index in [0.29, 0.717) is 12.5 Å². The van der Waals surface area contributed by atoms with Gasteiger partial charge in [0.2, 0.25) is 5.91 Å². The minimum atomic E-state index is -0.207. The zero-order valence-electron chi connectivity index (χ0n) is 10.1. The van der Waals surface area contributed by atoms with E-state index in [9.17, 15) is 4.79 Å². The molecule has 0 spiro atoms. The Morgan fingerprint density at radius 3 is 2.76 bits per heavy atom. The molecule has 17 heavy (non-hydrogen) atoms. The molecule has 2 N–H and O–H groups in total. The van der Waals surface area contributed by atoms with Crippen molar-refractivity contribution in [3.05, 3.63) is 29.8 Å². The Kier molecular flexibility index (Phi) is 3.64. The number of rotatable bonds is 6. The number of amides is 1. The van der Waals surface area contributed by atoms with Crippen LogP contribution in [0.25, 0.3) is 0 Å². The summed E-state index contributed by atoms with van der Waals surface area (Å²) < 4.78 is 5.11. The van der Waals surface area contributed by atoms with Crippen LogP contribution in [0.5, 0.6) is 5.75 Å². The van der Waals surface area contributed by atoms with Gasteiger partial charge in [0.05, 0.1) is 7.11 Å². The Balaban J connectivity index is 1.77. The van der Waals surface area contributed by atoms with Crippen LogP contribution in [0, 0.1) is 0 Å². The highest BCUT2D eigenvalue weighted by Gasteiger charge is 2.33. The average molecular weight is 234 g/mol. The summed E-state index contributed by atoms with van der Waals surface area (Å²) in [7, 11) is 1.67. The lowest BCUT2D eigenvalue weighted by Crippen LogP contribution is -2.12. The lowest BCUT2D eigenvalue weighted by molar-refractivity contribution is -0.118. The summed E-state index contributed by atoms with van der Waals surface area (Å²) in [4.78, 5) is 13.0. The number of hydrogen-bond acceptors (Lipinski definition) is 3. The molecule has 0 bridgehead atoms. The second kappa shape index (κ2) is 5.19. The van der Waals surface area contributed by atoms with E-state index in [-0.39, 0.29) is 5.91 Å². The van der Waals surface area contributed by atoms with Gasteiger partial charge in [-0.05, 0) is 24.1 Å². The molecule has 1 fully saturated rings. The van der Waals surface area contributed by atoms with Crippen molar-refractivity contribution in [3.63, 3.8) is 0 Å². The molecule has 2 unspecified atom stereocenters. The van der Waals surface area contributed by atoms with Gasteiger partial charge in [-0.25, -0.2) is 0 Å². The summed E-state index contributed by atoms with van der Waals surface area (Å²) in [6.07, 6.45) is 1.37. The number of nitrogens with zero attached hydrogens (tertiary/aromatic N) is 1. The maximum absolute atomic E-state index is 10.7. The van der Waals surface area contributed by atoms with E-state index in [2.05, 4.69) is 17.0 Å². The predicted molar refractivity (Wildman–Crippen MR) is 65.6 cm³/mol. The van der Waals surface area contributed by atoms with E-state index in [1.54, 1.807) is 7.11 Å². The Labute approximate surface area is 101 Å². The molecule has 1 aliphatic rings. The first kappa shape index (κ1) is 11.9. The Morgan fingerprint density at radius 2 is 2.18 bits per heavy atom. The number of ether oxygens (including phenoxy) is 1. The highest BCUT2D eigenvalue weighted by atomic mass is 16.5. The first-order chi connectivity index (χ1) is 8.19. The van der Waals surface area contributed by atoms with Crippen molar-refractivity contribution in [1.29, 1.82) is 0 Å². The summed E-state index contributed by atoms with van der Waals surface area (Å²) >= 11 is 0. The number of methoxy groups -OCH3 is 1. The first-order valence-electron chi connectivity index (χ1n) is 5.84. The van der Waals surface area contributed by atoms with Crippen molar-refractivity contribution >= 4 is 5.91 Å². The van der Waals surface area contributed by atoms with E-state index < -0.39 is 0 Å². The lowest BCUT2D eigenvalue weighted by atomic mass is 10.2. The molecule has 2 atom stereocenters. The van der Waals surface area contributed by atoms with Crippen molar-refractivity contribution in [2.75, 3.05) is 13.7 Å². The SMILES string of the molecule is COc1ccc(CN2CC2CCC(N)=O)cc1. The second-order valence-corrected chi connectivity index (χ2v) is 4.44. The van der Waals surface area contributed by atoms with E-state index in [1.807, 2.05) is 12.1 Å².